The molecule has 2 fully saturated rings. The summed E-state index contributed by atoms with van der Waals surface area (Å²) >= 11 is 0. The molecular formula is C20H23N3O2. The second kappa shape index (κ2) is 6.47. The smallest absolute Gasteiger partial charge is 0.240 e. The quantitative estimate of drug-likeness (QED) is 0.840. The Hall–Kier alpha value is -2.43. The summed E-state index contributed by atoms with van der Waals surface area (Å²) in [5.41, 5.74) is 0.524. The highest BCUT2D eigenvalue weighted by Crippen LogP contribution is 2.47. The lowest BCUT2D eigenvalue weighted by Crippen LogP contribution is -2.45. The number of carbonyl (C=O) groups excluding carboxylic acids is 2. The molecule has 2 saturated carbocycles. The minimum atomic E-state index is -0.894. The van der Waals surface area contributed by atoms with Crippen LogP contribution in [0, 0.1) is 5.41 Å². The van der Waals surface area contributed by atoms with E-state index in [-0.39, 0.29) is 17.9 Å². The van der Waals surface area contributed by atoms with Crippen LogP contribution in [0.25, 0.3) is 10.9 Å². The molecule has 0 radical (unpaired) electrons. The molecule has 1 aromatic heterocycles. The highest BCUT2D eigenvalue weighted by Gasteiger charge is 2.56. The van der Waals surface area contributed by atoms with Gasteiger partial charge in [-0.25, -0.2) is 0 Å². The standard InChI is InChI=1S/C20H23N3O2/c24-18(22-15-8-2-1-3-9-15)20(11-12-20)19(25)23-16-10-4-6-14-7-5-13-21-17(14)16/h4-7,10,13,15H,1-3,8-9,11-12H2,(H,22,24)(H,23,25). The van der Waals surface area contributed by atoms with E-state index in [4.69, 9.17) is 0 Å². The Kier molecular flexibility index (Phi) is 4.15. The number of pyridine rings is 1. The number of benzene rings is 1. The Bertz CT molecular complexity index is 802. The van der Waals surface area contributed by atoms with Gasteiger partial charge in [0.2, 0.25) is 11.8 Å². The second-order valence-electron chi connectivity index (χ2n) is 7.23. The van der Waals surface area contributed by atoms with Gasteiger partial charge in [-0.1, -0.05) is 37.5 Å². The van der Waals surface area contributed by atoms with Crippen molar-refractivity contribution in [1.82, 2.24) is 10.3 Å². The fourth-order valence-corrected chi connectivity index (χ4v) is 3.70. The number of hydrogen-bond acceptors (Lipinski definition) is 3. The number of anilines is 1. The van der Waals surface area contributed by atoms with Crippen LogP contribution < -0.4 is 10.6 Å². The maximum absolute atomic E-state index is 12.8. The monoisotopic (exact) mass is 337 g/mol. The summed E-state index contributed by atoms with van der Waals surface area (Å²) in [7, 11) is 0. The summed E-state index contributed by atoms with van der Waals surface area (Å²) in [5.74, 6) is -0.316. The zero-order valence-corrected chi connectivity index (χ0v) is 14.3. The Morgan fingerprint density at radius 3 is 2.52 bits per heavy atom. The van der Waals surface area contributed by atoms with Crippen LogP contribution >= 0.6 is 0 Å². The van der Waals surface area contributed by atoms with E-state index in [1.807, 2.05) is 30.3 Å². The first-order valence-electron chi connectivity index (χ1n) is 9.15. The summed E-state index contributed by atoms with van der Waals surface area (Å²) in [6.07, 6.45) is 8.56. The second-order valence-corrected chi connectivity index (χ2v) is 7.23. The molecule has 0 saturated heterocycles. The van der Waals surface area contributed by atoms with E-state index < -0.39 is 5.41 Å². The van der Waals surface area contributed by atoms with Crippen molar-refractivity contribution in [2.24, 2.45) is 5.41 Å². The highest BCUT2D eigenvalue weighted by molar-refractivity contribution is 6.14. The lowest BCUT2D eigenvalue weighted by atomic mass is 9.94. The Labute approximate surface area is 147 Å². The lowest BCUT2D eigenvalue weighted by molar-refractivity contribution is -0.135. The van der Waals surface area contributed by atoms with Gasteiger partial charge < -0.3 is 10.6 Å². The van der Waals surface area contributed by atoms with Crippen LogP contribution in [-0.2, 0) is 9.59 Å². The Balaban J connectivity index is 1.49. The van der Waals surface area contributed by atoms with Crippen molar-refractivity contribution in [3.63, 3.8) is 0 Å². The topological polar surface area (TPSA) is 71.1 Å². The number of fused-ring (bicyclic) bond motifs is 1. The van der Waals surface area contributed by atoms with Gasteiger partial charge in [0.1, 0.15) is 5.41 Å². The van der Waals surface area contributed by atoms with Crippen LogP contribution in [0.1, 0.15) is 44.9 Å². The van der Waals surface area contributed by atoms with E-state index in [0.29, 0.717) is 18.5 Å². The SMILES string of the molecule is O=C(Nc1cccc2cccnc12)C1(C(=O)NC2CCCCC2)CC1. The summed E-state index contributed by atoms with van der Waals surface area (Å²) in [5, 5.41) is 7.02. The van der Waals surface area contributed by atoms with Crippen LogP contribution in [-0.4, -0.2) is 22.8 Å². The molecule has 0 spiro atoms. The average Bonchev–Trinajstić information content (AvgIpc) is 3.45. The first-order valence-corrected chi connectivity index (χ1v) is 9.15. The van der Waals surface area contributed by atoms with Gasteiger partial charge in [0.25, 0.3) is 0 Å². The number of hydrogen-bond donors (Lipinski definition) is 2. The van der Waals surface area contributed by atoms with Crippen molar-refractivity contribution in [2.75, 3.05) is 5.32 Å². The molecule has 2 N–H and O–H groups in total. The normalized spacial score (nSPS) is 19.4. The average molecular weight is 337 g/mol. The number of rotatable bonds is 4. The third-order valence-electron chi connectivity index (χ3n) is 5.44. The maximum Gasteiger partial charge on any atom is 0.240 e. The van der Waals surface area contributed by atoms with Gasteiger partial charge in [-0.15, -0.1) is 0 Å². The fourth-order valence-electron chi connectivity index (χ4n) is 3.70. The number of amides is 2. The van der Waals surface area contributed by atoms with E-state index in [1.165, 1.54) is 6.42 Å². The van der Waals surface area contributed by atoms with Crippen molar-refractivity contribution < 1.29 is 9.59 Å². The molecule has 0 bridgehead atoms. The maximum atomic E-state index is 12.8. The van der Waals surface area contributed by atoms with Crippen LogP contribution in [0.15, 0.2) is 36.5 Å². The molecule has 0 aliphatic heterocycles. The molecule has 25 heavy (non-hydrogen) atoms. The zero-order chi connectivity index (χ0) is 17.3. The molecular weight excluding hydrogens is 314 g/mol. The van der Waals surface area contributed by atoms with Crippen molar-refractivity contribution in [3.8, 4) is 0 Å². The summed E-state index contributed by atoms with van der Waals surface area (Å²) in [6, 6.07) is 9.74. The first-order chi connectivity index (χ1) is 12.2. The number of nitrogens with zero attached hydrogens (tertiary/aromatic N) is 1. The van der Waals surface area contributed by atoms with E-state index in [0.717, 1.165) is 36.6 Å². The molecule has 5 nitrogen and oxygen atoms in total. The molecule has 1 heterocycles. The number of carbonyl (C=O) groups is 2. The van der Waals surface area contributed by atoms with Gasteiger partial charge in [-0.3, -0.25) is 14.6 Å². The van der Waals surface area contributed by atoms with E-state index in [9.17, 15) is 9.59 Å². The zero-order valence-electron chi connectivity index (χ0n) is 14.3. The molecule has 4 rings (SSSR count). The minimum absolute atomic E-state index is 0.106. The van der Waals surface area contributed by atoms with Crippen LogP contribution in [0.4, 0.5) is 5.69 Å². The minimum Gasteiger partial charge on any atom is -0.352 e. The summed E-state index contributed by atoms with van der Waals surface area (Å²) < 4.78 is 0. The molecule has 2 aromatic rings. The third kappa shape index (κ3) is 3.11. The predicted octanol–water partition coefficient (Wildman–Crippen LogP) is 3.40. The first kappa shape index (κ1) is 16.1. The molecule has 5 heteroatoms. The summed E-state index contributed by atoms with van der Waals surface area (Å²) in [6.45, 7) is 0. The van der Waals surface area contributed by atoms with Crippen LogP contribution in [0.5, 0.6) is 0 Å². The number of aromatic nitrogens is 1. The number of nitrogens with one attached hydrogen (secondary N) is 2. The Morgan fingerprint density at radius 2 is 1.76 bits per heavy atom. The molecule has 1 aromatic carbocycles. The molecule has 2 aliphatic carbocycles. The van der Waals surface area contributed by atoms with Gasteiger partial charge in [-0.2, -0.15) is 0 Å². The fraction of sp³-hybridized carbons (Fsp3) is 0.450. The van der Waals surface area contributed by atoms with Crippen molar-refractivity contribution in [2.45, 2.75) is 51.0 Å². The van der Waals surface area contributed by atoms with Gasteiger partial charge in [-0.05, 0) is 37.8 Å². The molecule has 130 valence electrons. The Morgan fingerprint density at radius 1 is 1.00 bits per heavy atom. The van der Waals surface area contributed by atoms with E-state index in [2.05, 4.69) is 15.6 Å². The molecule has 0 unspecified atom stereocenters. The van der Waals surface area contributed by atoms with Crippen molar-refractivity contribution in [1.29, 1.82) is 0 Å². The highest BCUT2D eigenvalue weighted by atomic mass is 16.2. The van der Waals surface area contributed by atoms with Gasteiger partial charge in [0, 0.05) is 17.6 Å². The van der Waals surface area contributed by atoms with Crippen molar-refractivity contribution >= 4 is 28.4 Å². The molecule has 2 aliphatic rings. The molecule has 0 atom stereocenters. The molecule has 2 amide bonds. The summed E-state index contributed by atoms with van der Waals surface area (Å²) in [4.78, 5) is 29.9. The predicted molar refractivity (Wildman–Crippen MR) is 97.1 cm³/mol. The lowest BCUT2D eigenvalue weighted by Gasteiger charge is -2.25. The van der Waals surface area contributed by atoms with Gasteiger partial charge in [0.15, 0.2) is 0 Å². The largest absolute Gasteiger partial charge is 0.352 e. The van der Waals surface area contributed by atoms with Crippen molar-refractivity contribution in [3.05, 3.63) is 36.5 Å². The van der Waals surface area contributed by atoms with E-state index >= 15 is 0 Å². The van der Waals surface area contributed by atoms with Gasteiger partial charge >= 0.3 is 0 Å². The van der Waals surface area contributed by atoms with E-state index in [1.54, 1.807) is 6.20 Å². The van der Waals surface area contributed by atoms with Gasteiger partial charge in [0.05, 0.1) is 11.2 Å². The van der Waals surface area contributed by atoms with Crippen LogP contribution in [0.3, 0.4) is 0 Å². The van der Waals surface area contributed by atoms with Crippen LogP contribution in [0.2, 0.25) is 0 Å². The third-order valence-corrected chi connectivity index (χ3v) is 5.44. The number of para-hydroxylation sites is 1.